The minimum absolute atomic E-state index is 0.129. The van der Waals surface area contributed by atoms with Crippen molar-refractivity contribution < 1.29 is 9.53 Å². The SMILES string of the molecule is CC(C)CC(CNC(=O)OC(C)(C)C)NCCNC(C)(C)C. The van der Waals surface area contributed by atoms with Gasteiger partial charge < -0.3 is 20.7 Å². The molecule has 0 heterocycles. The molecule has 1 amide bonds. The van der Waals surface area contributed by atoms with Crippen molar-refractivity contribution in [2.45, 2.75) is 79.0 Å². The molecule has 1 atom stereocenters. The van der Waals surface area contributed by atoms with Crippen LogP contribution in [0.25, 0.3) is 0 Å². The highest BCUT2D eigenvalue weighted by molar-refractivity contribution is 5.67. The quantitative estimate of drug-likeness (QED) is 0.603. The van der Waals surface area contributed by atoms with Gasteiger partial charge in [-0.2, -0.15) is 0 Å². The largest absolute Gasteiger partial charge is 0.444 e. The summed E-state index contributed by atoms with van der Waals surface area (Å²) < 4.78 is 5.27. The molecule has 3 N–H and O–H groups in total. The monoisotopic (exact) mass is 315 g/mol. The molecule has 22 heavy (non-hydrogen) atoms. The molecule has 0 aromatic heterocycles. The van der Waals surface area contributed by atoms with E-state index in [1.54, 1.807) is 0 Å². The summed E-state index contributed by atoms with van der Waals surface area (Å²) in [6.45, 7) is 18.8. The van der Waals surface area contributed by atoms with Crippen LogP contribution >= 0.6 is 0 Å². The zero-order valence-electron chi connectivity index (χ0n) is 15.8. The Morgan fingerprint density at radius 1 is 1.05 bits per heavy atom. The van der Waals surface area contributed by atoms with Crippen molar-refractivity contribution in [1.82, 2.24) is 16.0 Å². The van der Waals surface area contributed by atoms with Gasteiger partial charge in [0.25, 0.3) is 0 Å². The summed E-state index contributed by atoms with van der Waals surface area (Å²) in [5, 5.41) is 9.82. The van der Waals surface area contributed by atoms with Gasteiger partial charge in [0.2, 0.25) is 0 Å². The number of carbonyl (C=O) groups is 1. The van der Waals surface area contributed by atoms with E-state index in [1.165, 1.54) is 0 Å². The third kappa shape index (κ3) is 14.1. The van der Waals surface area contributed by atoms with Crippen molar-refractivity contribution >= 4 is 6.09 Å². The Labute approximate surface area is 137 Å². The van der Waals surface area contributed by atoms with Crippen LogP contribution in [0.4, 0.5) is 4.79 Å². The number of ether oxygens (including phenoxy) is 1. The van der Waals surface area contributed by atoms with Crippen molar-refractivity contribution in [3.63, 3.8) is 0 Å². The first-order valence-electron chi connectivity index (χ1n) is 8.34. The van der Waals surface area contributed by atoms with Gasteiger partial charge in [-0.25, -0.2) is 4.79 Å². The summed E-state index contributed by atoms with van der Waals surface area (Å²) in [7, 11) is 0. The second-order valence-corrected chi connectivity index (χ2v) is 8.34. The van der Waals surface area contributed by atoms with E-state index < -0.39 is 5.60 Å². The highest BCUT2D eigenvalue weighted by atomic mass is 16.6. The average molecular weight is 316 g/mol. The minimum atomic E-state index is -0.457. The van der Waals surface area contributed by atoms with E-state index in [9.17, 15) is 4.79 Å². The molecule has 0 aliphatic rings. The molecule has 5 nitrogen and oxygen atoms in total. The molecule has 0 spiro atoms. The lowest BCUT2D eigenvalue weighted by molar-refractivity contribution is 0.0521. The van der Waals surface area contributed by atoms with E-state index in [0.29, 0.717) is 12.5 Å². The zero-order chi connectivity index (χ0) is 17.4. The van der Waals surface area contributed by atoms with E-state index in [2.05, 4.69) is 50.6 Å². The second kappa shape index (κ2) is 9.36. The Balaban J connectivity index is 4.15. The van der Waals surface area contributed by atoms with Crippen molar-refractivity contribution in [1.29, 1.82) is 0 Å². The highest BCUT2D eigenvalue weighted by Crippen LogP contribution is 2.07. The number of hydrogen-bond acceptors (Lipinski definition) is 4. The molecule has 5 heteroatoms. The van der Waals surface area contributed by atoms with Gasteiger partial charge in [0, 0.05) is 31.2 Å². The lowest BCUT2D eigenvalue weighted by atomic mass is 10.0. The Morgan fingerprint density at radius 2 is 1.64 bits per heavy atom. The number of alkyl carbamates (subject to hydrolysis) is 1. The summed E-state index contributed by atoms with van der Waals surface area (Å²) in [4.78, 5) is 11.7. The molecule has 0 aromatic carbocycles. The maximum Gasteiger partial charge on any atom is 0.407 e. The molecule has 0 radical (unpaired) electrons. The summed E-state index contributed by atoms with van der Waals surface area (Å²) in [5.41, 5.74) is -0.328. The standard InChI is InChI=1S/C17H37N3O2/c1-13(2)11-14(18-9-10-20-16(3,4)5)12-19-15(21)22-17(6,7)8/h13-14,18,20H,9-12H2,1-8H3,(H,19,21). The summed E-state index contributed by atoms with van der Waals surface area (Å²) >= 11 is 0. The van der Waals surface area contributed by atoms with Gasteiger partial charge in [-0.1, -0.05) is 13.8 Å². The molecule has 0 bridgehead atoms. The van der Waals surface area contributed by atoms with Gasteiger partial charge in [0.1, 0.15) is 5.60 Å². The molecular formula is C17H37N3O2. The maximum atomic E-state index is 11.7. The van der Waals surface area contributed by atoms with Crippen LogP contribution in [0.5, 0.6) is 0 Å². The Bertz CT molecular complexity index is 317. The molecular weight excluding hydrogens is 278 g/mol. The van der Waals surface area contributed by atoms with Gasteiger partial charge in [-0.3, -0.25) is 0 Å². The van der Waals surface area contributed by atoms with Crippen LogP contribution < -0.4 is 16.0 Å². The lowest BCUT2D eigenvalue weighted by Gasteiger charge is -2.25. The van der Waals surface area contributed by atoms with Crippen LogP contribution in [-0.4, -0.2) is 42.9 Å². The fraction of sp³-hybridized carbons (Fsp3) is 0.941. The van der Waals surface area contributed by atoms with E-state index in [0.717, 1.165) is 19.5 Å². The smallest absolute Gasteiger partial charge is 0.407 e. The fourth-order valence-electron chi connectivity index (χ4n) is 2.04. The normalized spacial score (nSPS) is 14.0. The van der Waals surface area contributed by atoms with Crippen LogP contribution in [0.1, 0.15) is 61.8 Å². The predicted molar refractivity (Wildman–Crippen MR) is 93.2 cm³/mol. The number of rotatable bonds is 8. The molecule has 0 fully saturated rings. The number of nitrogens with one attached hydrogen (secondary N) is 3. The van der Waals surface area contributed by atoms with E-state index in [1.807, 2.05) is 20.8 Å². The molecule has 1 unspecified atom stereocenters. The lowest BCUT2D eigenvalue weighted by Crippen LogP contribution is -2.46. The minimum Gasteiger partial charge on any atom is -0.444 e. The summed E-state index contributed by atoms with van der Waals surface area (Å²) in [5.74, 6) is 0.577. The van der Waals surface area contributed by atoms with Crippen molar-refractivity contribution in [3.05, 3.63) is 0 Å². The third-order valence-corrected chi connectivity index (χ3v) is 2.86. The van der Waals surface area contributed by atoms with E-state index in [4.69, 9.17) is 4.74 Å². The first-order chi connectivity index (χ1) is 9.89. The first-order valence-corrected chi connectivity index (χ1v) is 8.34. The van der Waals surface area contributed by atoms with Crippen LogP contribution in [-0.2, 0) is 4.74 Å². The predicted octanol–water partition coefficient (Wildman–Crippen LogP) is 2.90. The van der Waals surface area contributed by atoms with Crippen molar-refractivity contribution in [2.75, 3.05) is 19.6 Å². The Hall–Kier alpha value is -0.810. The molecule has 0 aliphatic carbocycles. The Morgan fingerprint density at radius 3 is 2.09 bits per heavy atom. The molecule has 0 aliphatic heterocycles. The van der Waals surface area contributed by atoms with Gasteiger partial charge in [0.15, 0.2) is 0 Å². The first kappa shape index (κ1) is 21.2. The molecule has 0 saturated carbocycles. The van der Waals surface area contributed by atoms with Gasteiger partial charge in [-0.05, 0) is 53.9 Å². The van der Waals surface area contributed by atoms with Gasteiger partial charge >= 0.3 is 6.09 Å². The van der Waals surface area contributed by atoms with Crippen LogP contribution in [0, 0.1) is 5.92 Å². The molecule has 0 aromatic rings. The number of amides is 1. The van der Waals surface area contributed by atoms with Gasteiger partial charge in [0.05, 0.1) is 0 Å². The zero-order valence-corrected chi connectivity index (χ0v) is 15.8. The van der Waals surface area contributed by atoms with Crippen molar-refractivity contribution in [3.8, 4) is 0 Å². The summed E-state index contributed by atoms with van der Waals surface area (Å²) in [6, 6.07) is 0.259. The number of carbonyl (C=O) groups excluding carboxylic acids is 1. The Kier molecular flexibility index (Phi) is 9.01. The molecule has 0 rings (SSSR count). The summed E-state index contributed by atoms with van der Waals surface area (Å²) in [6.07, 6.45) is 0.668. The molecule has 0 saturated heterocycles. The topological polar surface area (TPSA) is 62.4 Å². The maximum absolute atomic E-state index is 11.7. The van der Waals surface area contributed by atoms with Crippen LogP contribution in [0.15, 0.2) is 0 Å². The fourth-order valence-corrected chi connectivity index (χ4v) is 2.04. The third-order valence-electron chi connectivity index (χ3n) is 2.86. The average Bonchev–Trinajstić information content (AvgIpc) is 2.27. The van der Waals surface area contributed by atoms with Crippen molar-refractivity contribution in [2.24, 2.45) is 5.92 Å². The second-order valence-electron chi connectivity index (χ2n) is 8.34. The van der Waals surface area contributed by atoms with E-state index in [-0.39, 0.29) is 17.7 Å². The van der Waals surface area contributed by atoms with Crippen LogP contribution in [0.3, 0.4) is 0 Å². The highest BCUT2D eigenvalue weighted by Gasteiger charge is 2.18. The van der Waals surface area contributed by atoms with Gasteiger partial charge in [-0.15, -0.1) is 0 Å². The number of hydrogen-bond donors (Lipinski definition) is 3. The van der Waals surface area contributed by atoms with E-state index >= 15 is 0 Å². The van der Waals surface area contributed by atoms with Crippen LogP contribution in [0.2, 0.25) is 0 Å². The molecule has 132 valence electrons.